The Morgan fingerprint density at radius 3 is 2.90 bits per heavy atom. The molecule has 1 heterocycles. The number of nitrogens with zero attached hydrogens (tertiary/aromatic N) is 1. The molecule has 0 aliphatic carbocycles. The Kier molecular flexibility index (Phi) is 4.77. The summed E-state index contributed by atoms with van der Waals surface area (Å²) in [6, 6.07) is 4.18. The van der Waals surface area contributed by atoms with Crippen LogP contribution < -0.4 is 4.74 Å². The zero-order chi connectivity index (χ0) is 15.4. The second-order valence-corrected chi connectivity index (χ2v) is 4.98. The summed E-state index contributed by atoms with van der Waals surface area (Å²) in [6.07, 6.45) is 1.18. The van der Waals surface area contributed by atoms with Gasteiger partial charge in [0.15, 0.2) is 11.6 Å². The number of benzene rings is 1. The quantitative estimate of drug-likeness (QED) is 0.924. The molecule has 0 aromatic heterocycles. The summed E-state index contributed by atoms with van der Waals surface area (Å²) in [4.78, 5) is 25.0. The number of ether oxygens (including phenoxy) is 1. The molecule has 114 valence electrons. The summed E-state index contributed by atoms with van der Waals surface area (Å²) in [5, 5.41) is 9.07. The van der Waals surface area contributed by atoms with Gasteiger partial charge < -0.3 is 14.7 Å². The average molecular weight is 295 g/mol. The largest absolute Gasteiger partial charge is 0.490 e. The van der Waals surface area contributed by atoms with Crippen LogP contribution in [0.25, 0.3) is 0 Å². The highest BCUT2D eigenvalue weighted by Gasteiger charge is 2.30. The number of carbonyl (C=O) groups is 2. The van der Waals surface area contributed by atoms with E-state index in [0.29, 0.717) is 19.4 Å². The third-order valence-electron chi connectivity index (χ3n) is 3.54. The van der Waals surface area contributed by atoms with E-state index in [0.717, 1.165) is 0 Å². The zero-order valence-electron chi connectivity index (χ0n) is 11.8. The molecule has 1 N–H and O–H groups in total. The van der Waals surface area contributed by atoms with E-state index in [9.17, 15) is 14.0 Å². The highest BCUT2D eigenvalue weighted by Crippen LogP contribution is 2.26. The number of aliphatic carboxylic acids is 1. The van der Waals surface area contributed by atoms with Crippen LogP contribution >= 0.6 is 0 Å². The molecular formula is C15H18FNO4. The molecule has 1 unspecified atom stereocenters. The SMILES string of the molecule is CCOc1c(F)cccc1C(=O)N1CCCC(C(=O)O)C1. The smallest absolute Gasteiger partial charge is 0.308 e. The average Bonchev–Trinajstić information content (AvgIpc) is 2.49. The van der Waals surface area contributed by atoms with Gasteiger partial charge in [-0.05, 0) is 31.9 Å². The van der Waals surface area contributed by atoms with Gasteiger partial charge in [-0.25, -0.2) is 4.39 Å². The van der Waals surface area contributed by atoms with Gasteiger partial charge in [-0.15, -0.1) is 0 Å². The van der Waals surface area contributed by atoms with Crippen molar-refractivity contribution >= 4 is 11.9 Å². The maximum Gasteiger partial charge on any atom is 0.308 e. The van der Waals surface area contributed by atoms with Crippen LogP contribution in [0.4, 0.5) is 4.39 Å². The number of hydrogen-bond donors (Lipinski definition) is 1. The van der Waals surface area contributed by atoms with Crippen LogP contribution in [-0.4, -0.2) is 41.6 Å². The first-order valence-electron chi connectivity index (χ1n) is 6.98. The number of carbonyl (C=O) groups excluding carboxylic acids is 1. The molecule has 21 heavy (non-hydrogen) atoms. The molecule has 1 saturated heterocycles. The van der Waals surface area contributed by atoms with Crippen molar-refractivity contribution in [2.75, 3.05) is 19.7 Å². The normalized spacial score (nSPS) is 18.4. The third kappa shape index (κ3) is 3.32. The van der Waals surface area contributed by atoms with Crippen LogP contribution in [0.2, 0.25) is 0 Å². The van der Waals surface area contributed by atoms with E-state index in [1.54, 1.807) is 6.92 Å². The Balaban J connectivity index is 2.23. The van der Waals surface area contributed by atoms with Gasteiger partial charge in [0, 0.05) is 13.1 Å². The molecule has 1 atom stereocenters. The fourth-order valence-corrected chi connectivity index (χ4v) is 2.50. The molecule has 5 nitrogen and oxygen atoms in total. The highest BCUT2D eigenvalue weighted by atomic mass is 19.1. The lowest BCUT2D eigenvalue weighted by molar-refractivity contribution is -0.143. The lowest BCUT2D eigenvalue weighted by atomic mass is 9.97. The summed E-state index contributed by atoms with van der Waals surface area (Å²) in [6.45, 7) is 2.59. The van der Waals surface area contributed by atoms with Gasteiger partial charge in [-0.2, -0.15) is 0 Å². The van der Waals surface area contributed by atoms with E-state index in [1.165, 1.54) is 23.1 Å². The minimum absolute atomic E-state index is 0.0672. The van der Waals surface area contributed by atoms with Crippen LogP contribution in [0.5, 0.6) is 5.75 Å². The van der Waals surface area contributed by atoms with E-state index < -0.39 is 17.7 Å². The summed E-state index contributed by atoms with van der Waals surface area (Å²) < 4.78 is 19.0. The molecule has 0 radical (unpaired) electrons. The van der Waals surface area contributed by atoms with E-state index in [1.807, 2.05) is 0 Å². The van der Waals surface area contributed by atoms with Crippen molar-refractivity contribution in [1.29, 1.82) is 0 Å². The van der Waals surface area contributed by atoms with Gasteiger partial charge in [0.25, 0.3) is 5.91 Å². The van der Waals surface area contributed by atoms with Crippen molar-refractivity contribution in [1.82, 2.24) is 4.90 Å². The first-order chi connectivity index (χ1) is 10.0. The molecule has 1 fully saturated rings. The lowest BCUT2D eigenvalue weighted by Crippen LogP contribution is -2.42. The van der Waals surface area contributed by atoms with Crippen LogP contribution in [0.15, 0.2) is 18.2 Å². The number of rotatable bonds is 4. The summed E-state index contributed by atoms with van der Waals surface area (Å²) in [7, 11) is 0. The molecule has 1 aromatic rings. The number of halogens is 1. The van der Waals surface area contributed by atoms with E-state index >= 15 is 0 Å². The monoisotopic (exact) mass is 295 g/mol. The number of carboxylic acids is 1. The van der Waals surface area contributed by atoms with E-state index in [2.05, 4.69) is 0 Å². The predicted molar refractivity (Wildman–Crippen MR) is 73.8 cm³/mol. The molecule has 0 spiro atoms. The second kappa shape index (κ2) is 6.56. The lowest BCUT2D eigenvalue weighted by Gasteiger charge is -2.31. The fraction of sp³-hybridized carbons (Fsp3) is 0.467. The number of piperidine rings is 1. The second-order valence-electron chi connectivity index (χ2n) is 4.98. The molecule has 1 aliphatic rings. The van der Waals surface area contributed by atoms with Crippen LogP contribution in [0, 0.1) is 11.7 Å². The Labute approximate surface area is 122 Å². The van der Waals surface area contributed by atoms with Crippen LogP contribution in [0.1, 0.15) is 30.1 Å². The standard InChI is InChI=1S/C15H18FNO4/c1-2-21-13-11(6-3-7-12(13)16)14(18)17-8-4-5-10(9-17)15(19)20/h3,6-7,10H,2,4-5,8-9H2,1H3,(H,19,20). The minimum Gasteiger partial charge on any atom is -0.490 e. The molecule has 1 aromatic carbocycles. The molecular weight excluding hydrogens is 277 g/mol. The Morgan fingerprint density at radius 2 is 2.24 bits per heavy atom. The highest BCUT2D eigenvalue weighted by molar-refractivity contribution is 5.97. The molecule has 1 amide bonds. The topological polar surface area (TPSA) is 66.8 Å². The third-order valence-corrected chi connectivity index (χ3v) is 3.54. The maximum absolute atomic E-state index is 13.8. The van der Waals surface area contributed by atoms with Gasteiger partial charge >= 0.3 is 5.97 Å². The Hall–Kier alpha value is -2.11. The van der Waals surface area contributed by atoms with Crippen molar-refractivity contribution in [2.24, 2.45) is 5.92 Å². The van der Waals surface area contributed by atoms with Gasteiger partial charge in [0.05, 0.1) is 18.1 Å². The first kappa shape index (κ1) is 15.3. The number of para-hydroxylation sites is 1. The molecule has 0 saturated carbocycles. The molecule has 1 aliphatic heterocycles. The minimum atomic E-state index is -0.906. The number of carboxylic acid groups (broad SMARTS) is 1. The molecule has 2 rings (SSSR count). The van der Waals surface area contributed by atoms with E-state index in [-0.39, 0.29) is 30.4 Å². The summed E-state index contributed by atoms with van der Waals surface area (Å²) in [5.74, 6) is -2.51. The number of hydrogen-bond acceptors (Lipinski definition) is 3. The van der Waals surface area contributed by atoms with Gasteiger partial charge in [0.1, 0.15) is 0 Å². The summed E-state index contributed by atoms with van der Waals surface area (Å²) >= 11 is 0. The predicted octanol–water partition coefficient (Wildman–Crippen LogP) is 2.16. The fourth-order valence-electron chi connectivity index (χ4n) is 2.50. The van der Waals surface area contributed by atoms with Crippen LogP contribution in [-0.2, 0) is 4.79 Å². The van der Waals surface area contributed by atoms with Crippen LogP contribution in [0.3, 0.4) is 0 Å². The first-order valence-corrected chi connectivity index (χ1v) is 6.98. The molecule has 0 bridgehead atoms. The summed E-state index contributed by atoms with van der Waals surface area (Å²) in [5.41, 5.74) is 0.142. The van der Waals surface area contributed by atoms with Crippen molar-refractivity contribution < 1.29 is 23.8 Å². The van der Waals surface area contributed by atoms with Crippen molar-refractivity contribution in [3.63, 3.8) is 0 Å². The Bertz CT molecular complexity index is 546. The van der Waals surface area contributed by atoms with E-state index in [4.69, 9.17) is 9.84 Å². The van der Waals surface area contributed by atoms with Gasteiger partial charge in [0.2, 0.25) is 0 Å². The van der Waals surface area contributed by atoms with Crippen molar-refractivity contribution in [3.8, 4) is 5.75 Å². The van der Waals surface area contributed by atoms with Crippen molar-refractivity contribution in [2.45, 2.75) is 19.8 Å². The maximum atomic E-state index is 13.8. The Morgan fingerprint density at radius 1 is 1.48 bits per heavy atom. The molecule has 6 heteroatoms. The number of amides is 1. The number of likely N-dealkylation sites (tertiary alicyclic amines) is 1. The van der Waals surface area contributed by atoms with Crippen molar-refractivity contribution in [3.05, 3.63) is 29.6 Å². The zero-order valence-corrected chi connectivity index (χ0v) is 11.8. The van der Waals surface area contributed by atoms with Gasteiger partial charge in [-0.1, -0.05) is 6.07 Å². The van der Waals surface area contributed by atoms with Gasteiger partial charge in [-0.3, -0.25) is 9.59 Å².